The quantitative estimate of drug-likeness (QED) is 0.554. The Morgan fingerprint density at radius 3 is 2.95 bits per heavy atom. The molecule has 0 unspecified atom stereocenters. The van der Waals surface area contributed by atoms with E-state index in [4.69, 9.17) is 23.8 Å². The van der Waals surface area contributed by atoms with E-state index in [0.29, 0.717) is 10.1 Å². The third-order valence-electron chi connectivity index (χ3n) is 2.83. The van der Waals surface area contributed by atoms with Crippen LogP contribution in [0, 0.1) is 6.92 Å². The molecular formula is C14H17ClN4S2. The van der Waals surface area contributed by atoms with Crippen molar-refractivity contribution in [3.8, 4) is 0 Å². The number of H-pyrrole nitrogens is 1. The molecular weight excluding hydrogens is 324 g/mol. The number of hydrogen-bond acceptors (Lipinski definition) is 3. The minimum Gasteiger partial charge on any atom is -0.362 e. The number of hydrogen-bond donors (Lipinski definition) is 3. The van der Waals surface area contributed by atoms with Crippen LogP contribution in [0.3, 0.4) is 0 Å². The highest BCUT2D eigenvalue weighted by Crippen LogP contribution is 2.20. The van der Waals surface area contributed by atoms with Gasteiger partial charge in [-0.1, -0.05) is 23.7 Å². The van der Waals surface area contributed by atoms with Crippen LogP contribution in [0.5, 0.6) is 0 Å². The van der Waals surface area contributed by atoms with Crippen LogP contribution in [0.1, 0.15) is 11.4 Å². The molecule has 0 aliphatic carbocycles. The average molecular weight is 341 g/mol. The van der Waals surface area contributed by atoms with Crippen LogP contribution >= 0.6 is 35.6 Å². The average Bonchev–Trinajstić information content (AvgIpc) is 2.87. The highest BCUT2D eigenvalue weighted by atomic mass is 35.5. The fourth-order valence-electron chi connectivity index (χ4n) is 1.67. The van der Waals surface area contributed by atoms with Gasteiger partial charge in [0, 0.05) is 23.7 Å². The van der Waals surface area contributed by atoms with Crippen LogP contribution < -0.4 is 10.6 Å². The first-order valence-corrected chi connectivity index (χ1v) is 8.47. The first kappa shape index (κ1) is 16.1. The van der Waals surface area contributed by atoms with Crippen molar-refractivity contribution in [1.82, 2.24) is 15.3 Å². The SMILES string of the molecule is Cc1[nH]cnc1CSCCNC(=S)Nc1ccccc1Cl. The van der Waals surface area contributed by atoms with E-state index in [-0.39, 0.29) is 0 Å². The number of imidazole rings is 1. The second-order valence-electron chi connectivity index (χ2n) is 4.39. The Labute approximate surface area is 139 Å². The largest absolute Gasteiger partial charge is 0.362 e. The molecule has 0 fully saturated rings. The van der Waals surface area contributed by atoms with E-state index in [1.165, 1.54) is 0 Å². The summed E-state index contributed by atoms with van der Waals surface area (Å²) in [5.74, 6) is 1.86. The summed E-state index contributed by atoms with van der Waals surface area (Å²) in [5.41, 5.74) is 3.06. The first-order chi connectivity index (χ1) is 10.2. The maximum absolute atomic E-state index is 6.06. The molecule has 0 amide bonds. The van der Waals surface area contributed by atoms with Crippen LogP contribution in [0.15, 0.2) is 30.6 Å². The van der Waals surface area contributed by atoms with Crippen molar-refractivity contribution in [3.63, 3.8) is 0 Å². The minimum atomic E-state index is 0.583. The molecule has 0 aliphatic rings. The van der Waals surface area contributed by atoms with Crippen molar-refractivity contribution in [2.45, 2.75) is 12.7 Å². The van der Waals surface area contributed by atoms with Gasteiger partial charge in [0.05, 0.1) is 22.7 Å². The fourth-order valence-corrected chi connectivity index (χ4v) is 2.94. The summed E-state index contributed by atoms with van der Waals surface area (Å²) < 4.78 is 0. The Kier molecular flexibility index (Phi) is 6.35. The van der Waals surface area contributed by atoms with Crippen LogP contribution in [-0.2, 0) is 5.75 Å². The molecule has 0 spiro atoms. The van der Waals surface area contributed by atoms with E-state index in [1.54, 1.807) is 6.33 Å². The number of aromatic amines is 1. The zero-order valence-corrected chi connectivity index (χ0v) is 14.0. The van der Waals surface area contributed by atoms with Crippen LogP contribution in [0.4, 0.5) is 5.69 Å². The van der Waals surface area contributed by atoms with Crippen molar-refractivity contribution < 1.29 is 0 Å². The zero-order valence-electron chi connectivity index (χ0n) is 11.6. The molecule has 0 atom stereocenters. The number of halogens is 1. The predicted molar refractivity (Wildman–Crippen MR) is 95.2 cm³/mol. The summed E-state index contributed by atoms with van der Waals surface area (Å²) in [7, 11) is 0. The second-order valence-corrected chi connectivity index (χ2v) is 6.31. The van der Waals surface area contributed by atoms with E-state index in [1.807, 2.05) is 43.0 Å². The lowest BCUT2D eigenvalue weighted by molar-refractivity contribution is 0.989. The van der Waals surface area contributed by atoms with Gasteiger partial charge in [-0.2, -0.15) is 11.8 Å². The summed E-state index contributed by atoms with van der Waals surface area (Å²) in [4.78, 5) is 7.34. The fraction of sp³-hybridized carbons (Fsp3) is 0.286. The van der Waals surface area contributed by atoms with Gasteiger partial charge in [0.15, 0.2) is 5.11 Å². The van der Waals surface area contributed by atoms with Crippen molar-refractivity contribution >= 4 is 46.4 Å². The van der Waals surface area contributed by atoms with Gasteiger partial charge in [-0.25, -0.2) is 4.98 Å². The summed E-state index contributed by atoms with van der Waals surface area (Å²) in [5, 5.41) is 7.49. The van der Waals surface area contributed by atoms with E-state index in [0.717, 1.165) is 35.1 Å². The number of aryl methyl sites for hydroxylation is 1. The van der Waals surface area contributed by atoms with Crippen LogP contribution in [0.25, 0.3) is 0 Å². The number of benzene rings is 1. The number of nitrogens with one attached hydrogen (secondary N) is 3. The standard InChI is InChI=1S/C14H17ClN4S2/c1-10-13(18-9-17-10)8-21-7-6-16-14(20)19-12-5-3-2-4-11(12)15/h2-5,9H,6-8H2,1H3,(H,17,18)(H2,16,19,20). The van der Waals surface area contributed by atoms with Crippen LogP contribution in [0.2, 0.25) is 5.02 Å². The number of aromatic nitrogens is 2. The Balaban J connectivity index is 1.64. The van der Waals surface area contributed by atoms with Gasteiger partial charge in [-0.15, -0.1) is 0 Å². The van der Waals surface area contributed by atoms with Crippen molar-refractivity contribution in [2.24, 2.45) is 0 Å². The van der Waals surface area contributed by atoms with Crippen LogP contribution in [-0.4, -0.2) is 27.4 Å². The molecule has 7 heteroatoms. The van der Waals surface area contributed by atoms with Crippen molar-refractivity contribution in [3.05, 3.63) is 47.0 Å². The van der Waals surface area contributed by atoms with Gasteiger partial charge in [0.25, 0.3) is 0 Å². The molecule has 2 rings (SSSR count). The minimum absolute atomic E-state index is 0.583. The van der Waals surface area contributed by atoms with Gasteiger partial charge in [0.1, 0.15) is 0 Å². The summed E-state index contributed by atoms with van der Waals surface area (Å²) >= 11 is 13.1. The van der Waals surface area contributed by atoms with E-state index < -0.39 is 0 Å². The molecule has 0 radical (unpaired) electrons. The Morgan fingerprint density at radius 2 is 2.24 bits per heavy atom. The molecule has 2 aromatic rings. The molecule has 1 aromatic carbocycles. The summed E-state index contributed by atoms with van der Waals surface area (Å²) in [6.07, 6.45) is 1.73. The van der Waals surface area contributed by atoms with Gasteiger partial charge in [-0.3, -0.25) is 0 Å². The molecule has 4 nitrogen and oxygen atoms in total. The lowest BCUT2D eigenvalue weighted by Gasteiger charge is -2.11. The van der Waals surface area contributed by atoms with Gasteiger partial charge in [0.2, 0.25) is 0 Å². The molecule has 1 aromatic heterocycles. The molecule has 0 bridgehead atoms. The molecule has 112 valence electrons. The second kappa shape index (κ2) is 8.26. The number of anilines is 1. The Hall–Kier alpha value is -1.24. The number of nitrogens with zero attached hydrogens (tertiary/aromatic N) is 1. The third-order valence-corrected chi connectivity index (χ3v) is 4.37. The van der Waals surface area contributed by atoms with Crippen molar-refractivity contribution in [2.75, 3.05) is 17.6 Å². The predicted octanol–water partition coefficient (Wildman–Crippen LogP) is 3.59. The number of thioether (sulfide) groups is 1. The molecule has 0 saturated carbocycles. The van der Waals surface area contributed by atoms with E-state index in [9.17, 15) is 0 Å². The Morgan fingerprint density at radius 1 is 1.43 bits per heavy atom. The lowest BCUT2D eigenvalue weighted by Crippen LogP contribution is -2.30. The molecule has 3 N–H and O–H groups in total. The smallest absolute Gasteiger partial charge is 0.170 e. The summed E-state index contributed by atoms with van der Waals surface area (Å²) in [6.45, 7) is 2.83. The van der Waals surface area contributed by atoms with E-state index >= 15 is 0 Å². The van der Waals surface area contributed by atoms with Gasteiger partial charge >= 0.3 is 0 Å². The number of thiocarbonyl (C=S) groups is 1. The molecule has 1 heterocycles. The van der Waals surface area contributed by atoms with Gasteiger partial charge < -0.3 is 15.6 Å². The highest BCUT2D eigenvalue weighted by molar-refractivity contribution is 7.98. The first-order valence-electron chi connectivity index (χ1n) is 6.53. The topological polar surface area (TPSA) is 52.7 Å². The maximum atomic E-state index is 6.06. The highest BCUT2D eigenvalue weighted by Gasteiger charge is 2.02. The van der Waals surface area contributed by atoms with Gasteiger partial charge in [-0.05, 0) is 31.3 Å². The van der Waals surface area contributed by atoms with E-state index in [2.05, 4.69) is 20.6 Å². The molecule has 0 aliphatic heterocycles. The lowest BCUT2D eigenvalue weighted by atomic mass is 10.3. The molecule has 0 saturated heterocycles. The third kappa shape index (κ3) is 5.22. The number of rotatable bonds is 6. The molecule has 21 heavy (non-hydrogen) atoms. The number of para-hydroxylation sites is 1. The summed E-state index contributed by atoms with van der Waals surface area (Å²) in [6, 6.07) is 7.52. The Bertz CT molecular complexity index is 600. The van der Waals surface area contributed by atoms with Crippen molar-refractivity contribution in [1.29, 1.82) is 0 Å². The zero-order chi connectivity index (χ0) is 15.1. The normalized spacial score (nSPS) is 10.4. The monoisotopic (exact) mass is 340 g/mol. The maximum Gasteiger partial charge on any atom is 0.170 e.